The first-order chi connectivity index (χ1) is 20.5. The van der Waals surface area contributed by atoms with E-state index < -0.39 is 0 Å². The van der Waals surface area contributed by atoms with Gasteiger partial charge in [-0.1, -0.05) is 42.5 Å². The second kappa shape index (κ2) is 13.4. The zero-order valence-corrected chi connectivity index (χ0v) is 24.9. The SMILES string of the molecule is Cc1cccc2c1n(-c1ccc(OCc3ccccc3)cc1)c(=O)n2CCN1CCC(C(=O)c2ccc(F)cc2)CC1.Cl. The standard InChI is InChI=1S/C35H34FN3O3.ClH/c1-25-6-5-9-32-33(25)39(30-14-16-31(17-15-30)42-24-26-7-3-2-4-8-26)35(41)38(32)23-22-37-20-18-28(19-21-37)34(40)27-10-12-29(36)13-11-27;/h2-17,28H,18-24H2,1H3;1H. The van der Waals surface area contributed by atoms with Crippen LogP contribution in [-0.4, -0.2) is 39.5 Å². The number of aromatic nitrogens is 2. The number of Topliss-reactive ketones (excluding diaryl/α,β-unsaturated/α-hetero) is 1. The summed E-state index contributed by atoms with van der Waals surface area (Å²) in [4.78, 5) is 29.0. The van der Waals surface area contributed by atoms with Gasteiger partial charge in [0.05, 0.1) is 16.7 Å². The summed E-state index contributed by atoms with van der Waals surface area (Å²) in [6.07, 6.45) is 1.51. The van der Waals surface area contributed by atoms with E-state index in [-0.39, 0.29) is 35.6 Å². The molecule has 1 aromatic heterocycles. The predicted molar refractivity (Wildman–Crippen MR) is 170 cm³/mol. The summed E-state index contributed by atoms with van der Waals surface area (Å²) in [5, 5.41) is 0. The smallest absolute Gasteiger partial charge is 0.333 e. The number of ketones is 1. The van der Waals surface area contributed by atoms with Gasteiger partial charge in [0, 0.05) is 24.6 Å². The first kappa shape index (κ1) is 30.3. The normalized spacial score (nSPS) is 14.0. The molecule has 0 atom stereocenters. The monoisotopic (exact) mass is 599 g/mol. The van der Waals surface area contributed by atoms with Crippen LogP contribution in [0.2, 0.25) is 0 Å². The molecule has 6 rings (SSSR count). The third kappa shape index (κ3) is 6.58. The van der Waals surface area contributed by atoms with Crippen LogP contribution in [0.15, 0.2) is 102 Å². The molecule has 1 fully saturated rings. The molecule has 222 valence electrons. The van der Waals surface area contributed by atoms with Crippen molar-refractivity contribution in [2.75, 3.05) is 19.6 Å². The van der Waals surface area contributed by atoms with Gasteiger partial charge in [-0.25, -0.2) is 9.18 Å². The van der Waals surface area contributed by atoms with Gasteiger partial charge in [-0.2, -0.15) is 0 Å². The summed E-state index contributed by atoms with van der Waals surface area (Å²) >= 11 is 0. The first-order valence-electron chi connectivity index (χ1n) is 14.5. The van der Waals surface area contributed by atoms with Crippen molar-refractivity contribution in [3.63, 3.8) is 0 Å². The van der Waals surface area contributed by atoms with Crippen molar-refractivity contribution in [3.05, 3.63) is 130 Å². The fraction of sp³-hybridized carbons (Fsp3) is 0.257. The fourth-order valence-electron chi connectivity index (χ4n) is 5.87. The van der Waals surface area contributed by atoms with Crippen molar-refractivity contribution in [3.8, 4) is 11.4 Å². The Labute approximate surface area is 256 Å². The molecular weight excluding hydrogens is 565 g/mol. The van der Waals surface area contributed by atoms with E-state index in [0.717, 1.165) is 66.1 Å². The van der Waals surface area contributed by atoms with Gasteiger partial charge in [-0.3, -0.25) is 13.9 Å². The van der Waals surface area contributed by atoms with Crippen LogP contribution < -0.4 is 10.4 Å². The second-order valence-corrected chi connectivity index (χ2v) is 11.0. The highest BCUT2D eigenvalue weighted by atomic mass is 35.5. The van der Waals surface area contributed by atoms with Gasteiger partial charge in [-0.05, 0) is 98.6 Å². The topological polar surface area (TPSA) is 56.5 Å². The maximum absolute atomic E-state index is 13.8. The maximum atomic E-state index is 13.8. The van der Waals surface area contributed by atoms with Crippen molar-refractivity contribution in [1.82, 2.24) is 14.0 Å². The van der Waals surface area contributed by atoms with Crippen molar-refractivity contribution in [2.24, 2.45) is 5.92 Å². The number of carbonyl (C=O) groups is 1. The van der Waals surface area contributed by atoms with Crippen molar-refractivity contribution >= 4 is 29.2 Å². The number of rotatable bonds is 9. The number of piperidine rings is 1. The molecule has 0 spiro atoms. The number of hydrogen-bond donors (Lipinski definition) is 0. The molecule has 6 nitrogen and oxygen atoms in total. The molecule has 0 N–H and O–H groups in total. The van der Waals surface area contributed by atoms with E-state index in [1.807, 2.05) is 84.3 Å². The minimum absolute atomic E-state index is 0. The Morgan fingerprint density at radius 3 is 2.26 bits per heavy atom. The summed E-state index contributed by atoms with van der Waals surface area (Å²) in [7, 11) is 0. The van der Waals surface area contributed by atoms with E-state index in [2.05, 4.69) is 4.90 Å². The highest BCUT2D eigenvalue weighted by molar-refractivity contribution is 5.97. The average molecular weight is 600 g/mol. The van der Waals surface area contributed by atoms with E-state index in [9.17, 15) is 14.0 Å². The summed E-state index contributed by atoms with van der Waals surface area (Å²) < 4.78 is 22.9. The predicted octanol–water partition coefficient (Wildman–Crippen LogP) is 6.84. The molecule has 0 radical (unpaired) electrons. The Morgan fingerprint density at radius 1 is 0.860 bits per heavy atom. The number of benzene rings is 4. The van der Waals surface area contributed by atoms with Crippen LogP contribution in [0, 0.1) is 18.7 Å². The van der Waals surface area contributed by atoms with E-state index in [1.165, 1.54) is 12.1 Å². The lowest BCUT2D eigenvalue weighted by Gasteiger charge is -2.31. The van der Waals surface area contributed by atoms with Crippen molar-refractivity contribution < 1.29 is 13.9 Å². The number of fused-ring (bicyclic) bond motifs is 1. The molecule has 43 heavy (non-hydrogen) atoms. The highest BCUT2D eigenvalue weighted by Crippen LogP contribution is 2.25. The number of hydrogen-bond acceptors (Lipinski definition) is 4. The van der Waals surface area contributed by atoms with Crippen molar-refractivity contribution in [1.29, 1.82) is 0 Å². The molecule has 0 saturated carbocycles. The molecule has 4 aromatic carbocycles. The molecule has 8 heteroatoms. The number of carbonyl (C=O) groups excluding carboxylic acids is 1. The molecule has 5 aromatic rings. The Balaban J connectivity index is 0.00000368. The quantitative estimate of drug-likeness (QED) is 0.174. The van der Waals surface area contributed by atoms with Crippen LogP contribution in [0.25, 0.3) is 16.7 Å². The third-order valence-electron chi connectivity index (χ3n) is 8.22. The van der Waals surface area contributed by atoms with Crippen LogP contribution in [0.1, 0.15) is 34.3 Å². The van der Waals surface area contributed by atoms with Gasteiger partial charge in [0.1, 0.15) is 18.2 Å². The minimum Gasteiger partial charge on any atom is -0.489 e. The molecular formula is C35H35ClFN3O3. The molecule has 2 heterocycles. The molecule has 1 aliphatic heterocycles. The fourth-order valence-corrected chi connectivity index (χ4v) is 5.87. The van der Waals surface area contributed by atoms with E-state index >= 15 is 0 Å². The van der Waals surface area contributed by atoms with Crippen LogP contribution in [0.3, 0.4) is 0 Å². The molecule has 1 aliphatic rings. The van der Waals surface area contributed by atoms with Gasteiger partial charge >= 0.3 is 5.69 Å². The minimum atomic E-state index is -0.335. The summed E-state index contributed by atoms with van der Waals surface area (Å²) in [5.74, 6) is 0.440. The summed E-state index contributed by atoms with van der Waals surface area (Å²) in [6, 6.07) is 29.5. The number of para-hydroxylation sites is 1. The van der Waals surface area contributed by atoms with Crippen LogP contribution in [-0.2, 0) is 13.2 Å². The second-order valence-electron chi connectivity index (χ2n) is 11.0. The Hall–Kier alpha value is -4.20. The third-order valence-corrected chi connectivity index (χ3v) is 8.22. The lowest BCUT2D eigenvalue weighted by molar-refractivity contribution is 0.0837. The first-order valence-corrected chi connectivity index (χ1v) is 14.5. The zero-order valence-electron chi connectivity index (χ0n) is 24.1. The molecule has 0 amide bonds. The lowest BCUT2D eigenvalue weighted by Crippen LogP contribution is -2.39. The number of imidazole rings is 1. The van der Waals surface area contributed by atoms with Gasteiger partial charge in [0.15, 0.2) is 5.78 Å². The van der Waals surface area contributed by atoms with E-state index in [4.69, 9.17) is 4.74 Å². The van der Waals surface area contributed by atoms with Crippen LogP contribution >= 0.6 is 12.4 Å². The highest BCUT2D eigenvalue weighted by Gasteiger charge is 2.26. The number of aryl methyl sites for hydroxylation is 1. The van der Waals surface area contributed by atoms with Gasteiger partial charge in [0.2, 0.25) is 0 Å². The summed E-state index contributed by atoms with van der Waals surface area (Å²) in [5.41, 5.74) is 5.24. The Bertz CT molecular complexity index is 1740. The maximum Gasteiger partial charge on any atom is 0.333 e. The molecule has 1 saturated heterocycles. The Kier molecular flexibility index (Phi) is 9.43. The number of halogens is 2. The van der Waals surface area contributed by atoms with Gasteiger partial charge in [-0.15, -0.1) is 12.4 Å². The summed E-state index contributed by atoms with van der Waals surface area (Å²) in [6.45, 7) is 5.36. The van der Waals surface area contributed by atoms with Gasteiger partial charge in [0.25, 0.3) is 0 Å². The number of nitrogens with zero attached hydrogens (tertiary/aromatic N) is 3. The van der Waals surface area contributed by atoms with Crippen LogP contribution in [0.5, 0.6) is 5.75 Å². The molecule has 0 bridgehead atoms. The Morgan fingerprint density at radius 2 is 1.56 bits per heavy atom. The largest absolute Gasteiger partial charge is 0.489 e. The zero-order chi connectivity index (χ0) is 29.1. The van der Waals surface area contributed by atoms with E-state index in [0.29, 0.717) is 18.7 Å². The average Bonchev–Trinajstić information content (AvgIpc) is 3.32. The number of ether oxygens (including phenoxy) is 1. The number of likely N-dealkylation sites (tertiary alicyclic amines) is 1. The van der Waals surface area contributed by atoms with E-state index in [1.54, 1.807) is 16.7 Å². The van der Waals surface area contributed by atoms with Crippen LogP contribution in [0.4, 0.5) is 4.39 Å². The molecule has 0 aliphatic carbocycles. The lowest BCUT2D eigenvalue weighted by atomic mass is 9.89. The van der Waals surface area contributed by atoms with Gasteiger partial charge < -0.3 is 9.64 Å². The van der Waals surface area contributed by atoms with Crippen molar-refractivity contribution in [2.45, 2.75) is 32.9 Å². The molecule has 0 unspecified atom stereocenters.